The van der Waals surface area contributed by atoms with Gasteiger partial charge in [-0.3, -0.25) is 4.79 Å². The predicted octanol–water partition coefficient (Wildman–Crippen LogP) is 3.69. The fourth-order valence-corrected chi connectivity index (χ4v) is 3.06. The highest BCUT2D eigenvalue weighted by atomic mass is 16.5. The third-order valence-corrected chi connectivity index (χ3v) is 4.41. The van der Waals surface area contributed by atoms with Crippen molar-refractivity contribution < 1.29 is 23.7 Å². The van der Waals surface area contributed by atoms with Gasteiger partial charge in [0.15, 0.2) is 17.3 Å². The summed E-state index contributed by atoms with van der Waals surface area (Å²) in [6.45, 7) is 0. The van der Waals surface area contributed by atoms with Gasteiger partial charge < -0.3 is 24.7 Å². The van der Waals surface area contributed by atoms with E-state index in [0.29, 0.717) is 39.8 Å². The summed E-state index contributed by atoms with van der Waals surface area (Å²) >= 11 is 0. The number of methoxy groups -OCH3 is 4. The lowest BCUT2D eigenvalue weighted by molar-refractivity contribution is 0.104. The summed E-state index contributed by atoms with van der Waals surface area (Å²) in [4.78, 5) is 13.3. The van der Waals surface area contributed by atoms with Crippen molar-refractivity contribution in [3.05, 3.63) is 53.6 Å². The highest BCUT2D eigenvalue weighted by molar-refractivity contribution is 6.20. The Kier molecular flexibility index (Phi) is 5.07. The molecular weight excluding hydrogens is 346 g/mol. The van der Waals surface area contributed by atoms with Gasteiger partial charge in [-0.15, -0.1) is 0 Å². The monoisotopic (exact) mass is 367 g/mol. The molecule has 0 saturated heterocycles. The van der Waals surface area contributed by atoms with Gasteiger partial charge in [0.05, 0.1) is 34.0 Å². The van der Waals surface area contributed by atoms with Gasteiger partial charge in [-0.05, 0) is 47.2 Å². The van der Waals surface area contributed by atoms with Crippen molar-refractivity contribution in [2.75, 3.05) is 34.2 Å². The lowest BCUT2D eigenvalue weighted by Gasteiger charge is -2.15. The molecule has 2 N–H and O–H groups in total. The number of hydrogen-bond acceptors (Lipinski definition) is 6. The van der Waals surface area contributed by atoms with Gasteiger partial charge in [0, 0.05) is 11.3 Å². The van der Waals surface area contributed by atoms with E-state index in [2.05, 4.69) is 0 Å². The molecule has 6 heteroatoms. The number of fused-ring (bicyclic) bond motifs is 1. The van der Waals surface area contributed by atoms with Gasteiger partial charge in [-0.2, -0.15) is 0 Å². The maximum Gasteiger partial charge on any atom is 0.203 e. The molecule has 0 radical (unpaired) electrons. The van der Waals surface area contributed by atoms with Crippen LogP contribution < -0.4 is 24.7 Å². The molecule has 0 atom stereocenters. The van der Waals surface area contributed by atoms with Crippen LogP contribution in [0.25, 0.3) is 10.8 Å². The van der Waals surface area contributed by atoms with Gasteiger partial charge >= 0.3 is 0 Å². The molecule has 140 valence electrons. The van der Waals surface area contributed by atoms with Gasteiger partial charge in [0.1, 0.15) is 5.75 Å². The molecule has 0 aliphatic carbocycles. The van der Waals surface area contributed by atoms with E-state index in [1.54, 1.807) is 31.4 Å². The van der Waals surface area contributed by atoms with Crippen molar-refractivity contribution in [2.24, 2.45) is 0 Å². The number of carbonyl (C=O) groups excluding carboxylic acids is 1. The summed E-state index contributed by atoms with van der Waals surface area (Å²) < 4.78 is 21.3. The molecule has 27 heavy (non-hydrogen) atoms. The van der Waals surface area contributed by atoms with Gasteiger partial charge in [-0.1, -0.05) is 6.07 Å². The Morgan fingerprint density at radius 1 is 0.815 bits per heavy atom. The number of hydrogen-bond donors (Lipinski definition) is 1. The minimum Gasteiger partial charge on any atom is -0.497 e. The normalized spacial score (nSPS) is 10.5. The molecule has 0 aliphatic rings. The van der Waals surface area contributed by atoms with Crippen molar-refractivity contribution in [3.8, 4) is 23.0 Å². The highest BCUT2D eigenvalue weighted by Gasteiger charge is 2.21. The van der Waals surface area contributed by atoms with Crippen LogP contribution in [-0.2, 0) is 0 Å². The molecule has 3 aromatic rings. The van der Waals surface area contributed by atoms with Gasteiger partial charge in [0.2, 0.25) is 5.75 Å². The first-order valence-electron chi connectivity index (χ1n) is 8.25. The second kappa shape index (κ2) is 7.45. The zero-order chi connectivity index (χ0) is 19.6. The van der Waals surface area contributed by atoms with Crippen LogP contribution in [0.15, 0.2) is 42.5 Å². The lowest BCUT2D eigenvalue weighted by atomic mass is 9.95. The van der Waals surface area contributed by atoms with Crippen LogP contribution in [0, 0.1) is 0 Å². The Morgan fingerprint density at radius 3 is 2.04 bits per heavy atom. The van der Waals surface area contributed by atoms with Crippen molar-refractivity contribution in [3.63, 3.8) is 0 Å². The van der Waals surface area contributed by atoms with E-state index in [-0.39, 0.29) is 5.78 Å². The maximum atomic E-state index is 13.3. The summed E-state index contributed by atoms with van der Waals surface area (Å²) in [6, 6.07) is 12.3. The Bertz CT molecular complexity index is 988. The van der Waals surface area contributed by atoms with E-state index in [4.69, 9.17) is 24.7 Å². The third-order valence-electron chi connectivity index (χ3n) is 4.41. The quantitative estimate of drug-likeness (QED) is 0.529. The SMILES string of the molecule is COc1ccc2c(C(=O)c3cc(OC)c(OC)c(OC)c3)c(N)ccc2c1. The molecule has 0 saturated carbocycles. The van der Waals surface area contributed by atoms with Crippen LogP contribution in [0.2, 0.25) is 0 Å². The fourth-order valence-electron chi connectivity index (χ4n) is 3.06. The fraction of sp³-hybridized carbons (Fsp3) is 0.190. The van der Waals surface area contributed by atoms with Crippen LogP contribution in [0.1, 0.15) is 15.9 Å². The largest absolute Gasteiger partial charge is 0.497 e. The first-order chi connectivity index (χ1) is 13.0. The van der Waals surface area contributed by atoms with Gasteiger partial charge in [-0.25, -0.2) is 0 Å². The molecule has 0 unspecified atom stereocenters. The summed E-state index contributed by atoms with van der Waals surface area (Å²) in [6.07, 6.45) is 0. The van der Waals surface area contributed by atoms with E-state index in [9.17, 15) is 4.79 Å². The average Bonchev–Trinajstić information content (AvgIpc) is 2.71. The zero-order valence-corrected chi connectivity index (χ0v) is 15.7. The molecule has 0 bridgehead atoms. The predicted molar refractivity (Wildman–Crippen MR) is 104 cm³/mol. The zero-order valence-electron chi connectivity index (χ0n) is 15.7. The number of benzene rings is 3. The molecular formula is C21H21NO5. The molecule has 0 aromatic heterocycles. The average molecular weight is 367 g/mol. The summed E-state index contributed by atoms with van der Waals surface area (Å²) in [7, 11) is 6.12. The number of ketones is 1. The third kappa shape index (κ3) is 3.21. The van der Waals surface area contributed by atoms with Crippen molar-refractivity contribution >= 4 is 22.2 Å². The van der Waals surface area contributed by atoms with E-state index >= 15 is 0 Å². The Hall–Kier alpha value is -3.41. The summed E-state index contributed by atoms with van der Waals surface area (Å²) in [5.74, 6) is 1.70. The maximum absolute atomic E-state index is 13.3. The Balaban J connectivity index is 2.20. The van der Waals surface area contributed by atoms with Gasteiger partial charge in [0.25, 0.3) is 0 Å². The van der Waals surface area contributed by atoms with E-state index in [1.165, 1.54) is 21.3 Å². The van der Waals surface area contributed by atoms with E-state index in [0.717, 1.165) is 10.8 Å². The number of nitrogens with two attached hydrogens (primary N) is 1. The van der Waals surface area contributed by atoms with Crippen LogP contribution in [0.4, 0.5) is 5.69 Å². The molecule has 0 amide bonds. The highest BCUT2D eigenvalue weighted by Crippen LogP contribution is 2.39. The van der Waals surface area contributed by atoms with Crippen molar-refractivity contribution in [2.45, 2.75) is 0 Å². The second-order valence-electron chi connectivity index (χ2n) is 5.86. The van der Waals surface area contributed by atoms with Crippen LogP contribution in [0.5, 0.6) is 23.0 Å². The van der Waals surface area contributed by atoms with Crippen LogP contribution in [-0.4, -0.2) is 34.2 Å². The van der Waals surface area contributed by atoms with E-state index in [1.807, 2.05) is 18.2 Å². The molecule has 6 nitrogen and oxygen atoms in total. The van der Waals surface area contributed by atoms with Crippen LogP contribution in [0.3, 0.4) is 0 Å². The number of rotatable bonds is 6. The number of anilines is 1. The topological polar surface area (TPSA) is 80.0 Å². The lowest BCUT2D eigenvalue weighted by Crippen LogP contribution is -2.08. The second-order valence-corrected chi connectivity index (χ2v) is 5.86. The summed E-state index contributed by atoms with van der Waals surface area (Å²) in [5.41, 5.74) is 7.36. The van der Waals surface area contributed by atoms with Crippen LogP contribution >= 0.6 is 0 Å². The van der Waals surface area contributed by atoms with Crippen molar-refractivity contribution in [1.29, 1.82) is 0 Å². The molecule has 3 rings (SSSR count). The van der Waals surface area contributed by atoms with Crippen molar-refractivity contribution in [1.82, 2.24) is 0 Å². The molecule has 0 spiro atoms. The molecule has 0 heterocycles. The standard InChI is InChI=1S/C21H21NO5/c1-24-14-6-7-15-12(9-14)5-8-16(22)19(15)20(23)13-10-17(25-2)21(27-4)18(11-13)26-3/h5-11H,22H2,1-4H3. The first kappa shape index (κ1) is 18.4. The number of nitrogen functional groups attached to an aromatic ring is 1. The first-order valence-corrected chi connectivity index (χ1v) is 8.25. The Labute approximate surface area is 157 Å². The smallest absolute Gasteiger partial charge is 0.203 e. The molecule has 0 aliphatic heterocycles. The number of ether oxygens (including phenoxy) is 4. The molecule has 0 fully saturated rings. The minimum absolute atomic E-state index is 0.234. The number of carbonyl (C=O) groups is 1. The minimum atomic E-state index is -0.234. The Morgan fingerprint density at radius 2 is 1.48 bits per heavy atom. The summed E-state index contributed by atoms with van der Waals surface area (Å²) in [5, 5.41) is 1.61. The molecule has 3 aromatic carbocycles. The van der Waals surface area contributed by atoms with E-state index < -0.39 is 0 Å².